The van der Waals surface area contributed by atoms with Crippen molar-refractivity contribution in [3.8, 4) is 22.5 Å². The summed E-state index contributed by atoms with van der Waals surface area (Å²) < 4.78 is 67.2. The van der Waals surface area contributed by atoms with Gasteiger partial charge in [-0.1, -0.05) is 30.3 Å². The van der Waals surface area contributed by atoms with Gasteiger partial charge in [-0.2, -0.15) is 22.7 Å². The number of Topliss-reactive ketones (excluding diaryl/α,β-unsaturated/α-hetero) is 1. The van der Waals surface area contributed by atoms with Crippen LogP contribution in [0, 0.1) is 36.5 Å². The van der Waals surface area contributed by atoms with Crippen LogP contribution in [0.1, 0.15) is 101 Å². The lowest BCUT2D eigenvalue weighted by atomic mass is 9.77. The Morgan fingerprint density at radius 2 is 1.43 bits per heavy atom. The number of H-pyrrole nitrogens is 1. The molecular formula is C52H61F4N7O9. The number of aromatic amines is 1. The molecule has 2 unspecified atom stereocenters. The minimum absolute atomic E-state index is 0.0128. The van der Waals surface area contributed by atoms with E-state index in [1.165, 1.54) is 24.3 Å². The van der Waals surface area contributed by atoms with Gasteiger partial charge >= 0.3 is 30.0 Å². The molecule has 5 N–H and O–H groups in total. The van der Waals surface area contributed by atoms with E-state index in [0.29, 0.717) is 50.9 Å². The van der Waals surface area contributed by atoms with E-state index in [0.717, 1.165) is 22.3 Å². The van der Waals surface area contributed by atoms with Crippen LogP contribution < -0.4 is 16.0 Å². The first-order valence-corrected chi connectivity index (χ1v) is 24.0. The standard InChI is InChI=1S/C52H61F4N7O9/c1-28-22-34(43(65)59-41-38-26-63(27-39(38)41)48(70)72-50(5,6)7)18-21-37(28)31-12-8-29(9-13-31)23-35(24-40(64)32-14-10-30(11-15-32)25-57-47(69)71-49(2,3)4)44(66)58-36-19-16-33(17-20-36)42-60-45(62-61-42)51(53,54)52(55,56)46(67)68/h8-9,12-13,16-22,30,32,35,38-39,41H,10-11,14-15,23-27H2,1-7H3,(H,57,69)(H,58,66)(H,59,65)(H,67,68)(H,60,61,62)/t30?,32?,35-,38?,39?,41?/m1/s1. The Labute approximate surface area is 414 Å². The predicted molar refractivity (Wildman–Crippen MR) is 256 cm³/mol. The summed E-state index contributed by atoms with van der Waals surface area (Å²) in [7, 11) is 0. The van der Waals surface area contributed by atoms with Gasteiger partial charge in [0.25, 0.3) is 5.91 Å². The molecule has 4 aromatic rings. The third kappa shape index (κ3) is 12.6. The first kappa shape index (κ1) is 53.0. The van der Waals surface area contributed by atoms with Crippen LogP contribution in [0.25, 0.3) is 22.5 Å². The number of carbonyl (C=O) groups excluding carboxylic acids is 5. The van der Waals surface area contributed by atoms with E-state index in [1.807, 2.05) is 64.1 Å². The lowest BCUT2D eigenvalue weighted by molar-refractivity contribution is -0.231. The number of hydrogen-bond donors (Lipinski definition) is 5. The van der Waals surface area contributed by atoms with Crippen molar-refractivity contribution in [2.75, 3.05) is 25.0 Å². The normalized spacial score (nSPS) is 20.4. The van der Waals surface area contributed by atoms with E-state index in [9.17, 15) is 46.3 Å². The Kier molecular flexibility index (Phi) is 15.2. The van der Waals surface area contributed by atoms with Crippen molar-refractivity contribution in [3.05, 3.63) is 89.2 Å². The molecule has 0 radical (unpaired) electrons. The number of benzene rings is 3. The molecule has 1 aliphatic heterocycles. The molecule has 3 atom stereocenters. The summed E-state index contributed by atoms with van der Waals surface area (Å²) in [4.78, 5) is 82.0. The molecule has 2 saturated carbocycles. The Hall–Kier alpha value is -6.86. The summed E-state index contributed by atoms with van der Waals surface area (Å²) >= 11 is 0. The third-order valence-electron chi connectivity index (χ3n) is 13.3. The number of likely N-dealkylation sites (tertiary alicyclic amines) is 1. The number of carboxylic acid groups (broad SMARTS) is 1. The molecular weight excluding hydrogens is 943 g/mol. The summed E-state index contributed by atoms with van der Waals surface area (Å²) in [6.07, 6.45) is 1.84. The number of rotatable bonds is 16. The number of fused-ring (bicyclic) bond motifs is 1. The highest BCUT2D eigenvalue weighted by Crippen LogP contribution is 2.46. The van der Waals surface area contributed by atoms with Gasteiger partial charge in [-0.05, 0) is 145 Å². The van der Waals surface area contributed by atoms with Gasteiger partial charge in [0.2, 0.25) is 11.7 Å². The Morgan fingerprint density at radius 1 is 0.819 bits per heavy atom. The number of ketones is 1. The first-order valence-electron chi connectivity index (χ1n) is 24.0. The smallest absolute Gasteiger partial charge is 0.411 e. The lowest BCUT2D eigenvalue weighted by Gasteiger charge is -2.29. The Bertz CT molecular complexity index is 2660. The number of amides is 4. The average molecular weight is 1000 g/mol. The van der Waals surface area contributed by atoms with Crippen LogP contribution in [0.5, 0.6) is 0 Å². The number of alkyl carbamates (subject to hydrolysis) is 1. The summed E-state index contributed by atoms with van der Waals surface area (Å²) in [5, 5.41) is 22.7. The molecule has 20 heteroatoms. The topological polar surface area (TPSA) is 222 Å². The van der Waals surface area contributed by atoms with Crippen molar-refractivity contribution in [2.45, 2.75) is 116 Å². The molecule has 1 saturated heterocycles. The Morgan fingerprint density at radius 3 is 2.01 bits per heavy atom. The van der Waals surface area contributed by atoms with E-state index in [-0.39, 0.29) is 71.6 Å². The number of anilines is 1. The molecule has 16 nitrogen and oxygen atoms in total. The summed E-state index contributed by atoms with van der Waals surface area (Å²) in [6, 6.07) is 18.6. The quantitative estimate of drug-likeness (QED) is 0.0667. The molecule has 0 bridgehead atoms. The van der Waals surface area contributed by atoms with Crippen molar-refractivity contribution >= 4 is 41.4 Å². The van der Waals surface area contributed by atoms with Crippen molar-refractivity contribution in [2.24, 2.45) is 29.6 Å². The number of nitrogens with zero attached hydrogens (tertiary/aromatic N) is 3. The van der Waals surface area contributed by atoms with Crippen molar-refractivity contribution in [3.63, 3.8) is 0 Å². The number of nitrogens with one attached hydrogen (secondary N) is 4. The van der Waals surface area contributed by atoms with E-state index >= 15 is 0 Å². The average Bonchev–Trinajstić information content (AvgIpc) is 3.63. The van der Waals surface area contributed by atoms with Gasteiger partial charge in [-0.25, -0.2) is 19.4 Å². The van der Waals surface area contributed by atoms with Crippen molar-refractivity contribution < 1.29 is 60.9 Å². The van der Waals surface area contributed by atoms with E-state index in [1.54, 1.807) is 36.8 Å². The molecule has 1 aromatic heterocycles. The maximum Gasteiger partial charge on any atom is 0.411 e. The van der Waals surface area contributed by atoms with Crippen LogP contribution in [0.15, 0.2) is 66.7 Å². The van der Waals surface area contributed by atoms with Gasteiger partial charge < -0.3 is 35.4 Å². The molecule has 3 aromatic carbocycles. The zero-order chi connectivity index (χ0) is 52.5. The van der Waals surface area contributed by atoms with Crippen LogP contribution in [0.3, 0.4) is 0 Å². The van der Waals surface area contributed by atoms with Gasteiger partial charge in [0.1, 0.15) is 17.0 Å². The largest absolute Gasteiger partial charge is 0.477 e. The monoisotopic (exact) mass is 1000 g/mol. The van der Waals surface area contributed by atoms with Crippen LogP contribution in [0.4, 0.5) is 32.8 Å². The molecule has 2 aliphatic carbocycles. The number of ether oxygens (including phenoxy) is 2. The number of hydrogen-bond acceptors (Lipinski definition) is 10. The highest BCUT2D eigenvalue weighted by molar-refractivity contribution is 5.97. The van der Waals surface area contributed by atoms with Crippen LogP contribution >= 0.6 is 0 Å². The van der Waals surface area contributed by atoms with Gasteiger partial charge in [0.05, 0.1) is 0 Å². The number of piperidine rings is 1. The first-order chi connectivity index (χ1) is 33.7. The van der Waals surface area contributed by atoms with Crippen molar-refractivity contribution in [1.29, 1.82) is 0 Å². The predicted octanol–water partition coefficient (Wildman–Crippen LogP) is 8.94. The van der Waals surface area contributed by atoms with Gasteiger partial charge in [0, 0.05) is 72.6 Å². The summed E-state index contributed by atoms with van der Waals surface area (Å²) in [6.45, 7) is 14.2. The zero-order valence-electron chi connectivity index (χ0n) is 41.2. The third-order valence-corrected chi connectivity index (χ3v) is 13.3. The molecule has 2 heterocycles. The fourth-order valence-corrected chi connectivity index (χ4v) is 9.34. The second-order valence-corrected chi connectivity index (χ2v) is 21.1. The number of carboxylic acids is 1. The highest BCUT2D eigenvalue weighted by atomic mass is 19.3. The second kappa shape index (κ2) is 20.7. The fraction of sp³-hybridized carbons (Fsp3) is 0.500. The molecule has 4 amide bonds. The minimum atomic E-state index is -5.46. The molecule has 7 rings (SSSR count). The van der Waals surface area contributed by atoms with Crippen molar-refractivity contribution in [1.82, 2.24) is 30.7 Å². The maximum atomic E-state index is 14.4. The fourth-order valence-electron chi connectivity index (χ4n) is 9.34. The summed E-state index contributed by atoms with van der Waals surface area (Å²) in [5.74, 6) is -17.1. The zero-order valence-corrected chi connectivity index (χ0v) is 41.2. The number of halogens is 4. The van der Waals surface area contributed by atoms with Gasteiger partial charge in [-0.15, -0.1) is 0 Å². The van der Waals surface area contributed by atoms with Gasteiger partial charge in [0.15, 0.2) is 5.82 Å². The van der Waals surface area contributed by atoms with Crippen LogP contribution in [-0.2, 0) is 36.2 Å². The van der Waals surface area contributed by atoms with E-state index in [4.69, 9.17) is 14.6 Å². The van der Waals surface area contributed by atoms with Gasteiger partial charge in [-0.3, -0.25) is 19.5 Å². The number of aryl methyl sites for hydroxylation is 1. The molecule has 72 heavy (non-hydrogen) atoms. The highest BCUT2D eigenvalue weighted by Gasteiger charge is 2.66. The number of aliphatic carboxylic acids is 1. The summed E-state index contributed by atoms with van der Waals surface area (Å²) in [5.41, 5.74) is 3.07. The molecule has 3 aliphatic rings. The maximum absolute atomic E-state index is 14.4. The minimum Gasteiger partial charge on any atom is -0.477 e. The van der Waals surface area contributed by atoms with Crippen LogP contribution in [-0.4, -0.2) is 104 Å². The second-order valence-electron chi connectivity index (χ2n) is 21.1. The van der Waals surface area contributed by atoms with E-state index in [2.05, 4.69) is 26.0 Å². The lowest BCUT2D eigenvalue weighted by Crippen LogP contribution is -2.45. The SMILES string of the molecule is Cc1cc(C(=O)NC2C3CN(C(=O)OC(C)(C)C)CC32)ccc1-c1ccc(C[C@H](CC(=O)C2CCC(CNC(=O)OC(C)(C)C)CC2)C(=O)Nc2ccc(-c3n[nH]c(C(F)(F)C(F)(F)C(=O)O)n3)cc2)cc1. The number of carbonyl (C=O) groups is 6. The Balaban J connectivity index is 0.996. The molecule has 0 spiro atoms. The number of alkyl halides is 4. The van der Waals surface area contributed by atoms with Crippen LogP contribution in [0.2, 0.25) is 0 Å². The molecule has 386 valence electrons. The van der Waals surface area contributed by atoms with E-state index < -0.39 is 58.6 Å². The number of aromatic nitrogens is 3. The molecule has 3 fully saturated rings.